The summed E-state index contributed by atoms with van der Waals surface area (Å²) in [6.45, 7) is 0. The summed E-state index contributed by atoms with van der Waals surface area (Å²) in [5.41, 5.74) is 16.6. The van der Waals surface area contributed by atoms with Gasteiger partial charge in [0.05, 0.1) is 5.69 Å². The largest absolute Gasteiger partial charge is 0.399 e. The van der Waals surface area contributed by atoms with Crippen LogP contribution in [0.3, 0.4) is 0 Å². The summed E-state index contributed by atoms with van der Waals surface area (Å²) in [7, 11) is 4.04. The number of nitrogen functional groups attached to an aromatic ring is 2. The molecule has 0 radical (unpaired) electrons. The summed E-state index contributed by atoms with van der Waals surface area (Å²) in [5.74, 6) is 0. The minimum Gasteiger partial charge on any atom is -0.399 e. The lowest BCUT2D eigenvalue weighted by atomic mass is 10.0. The van der Waals surface area contributed by atoms with Crippen molar-refractivity contribution in [2.45, 2.75) is 0 Å². The van der Waals surface area contributed by atoms with Crippen LogP contribution in [-0.4, -0.2) is 14.1 Å². The molecule has 0 aliphatic carbocycles. The molecule has 2 aromatic rings. The predicted molar refractivity (Wildman–Crippen MR) is 72.9 cm³/mol. The third-order valence-corrected chi connectivity index (χ3v) is 3.22. The van der Waals surface area contributed by atoms with Gasteiger partial charge in [-0.3, -0.25) is 0 Å². The first kappa shape index (κ1) is 10.8. The summed E-state index contributed by atoms with van der Waals surface area (Å²) in [4.78, 5) is 2.08. The highest BCUT2D eigenvalue weighted by Crippen LogP contribution is 2.37. The molecule has 3 nitrogen and oxygen atoms in total. The van der Waals surface area contributed by atoms with Crippen molar-refractivity contribution < 1.29 is 0 Å². The first-order chi connectivity index (χ1) is 7.59. The van der Waals surface area contributed by atoms with E-state index in [1.165, 1.54) is 5.69 Å². The van der Waals surface area contributed by atoms with Gasteiger partial charge in [0, 0.05) is 47.4 Å². The highest BCUT2D eigenvalue weighted by atomic mass is 32.1. The van der Waals surface area contributed by atoms with Gasteiger partial charge in [0.2, 0.25) is 0 Å². The van der Waals surface area contributed by atoms with Crippen LogP contribution in [0.25, 0.3) is 11.1 Å². The SMILES string of the molecule is CN(C)c1cscc1-c1cc(N)ccc1N. The van der Waals surface area contributed by atoms with Crippen LogP contribution < -0.4 is 16.4 Å². The van der Waals surface area contributed by atoms with Crippen LogP contribution in [0, 0.1) is 0 Å². The number of hydrogen-bond donors (Lipinski definition) is 2. The number of anilines is 3. The summed E-state index contributed by atoms with van der Waals surface area (Å²) >= 11 is 1.67. The Balaban J connectivity index is 2.58. The number of thiophene rings is 1. The molecule has 4 heteroatoms. The molecular weight excluding hydrogens is 218 g/mol. The number of rotatable bonds is 2. The molecule has 0 unspecified atom stereocenters. The zero-order valence-electron chi connectivity index (χ0n) is 9.40. The standard InChI is InChI=1S/C12H15N3S/c1-15(2)12-7-16-6-10(12)9-5-8(13)3-4-11(9)14/h3-7H,13-14H2,1-2H3. The monoisotopic (exact) mass is 233 g/mol. The van der Waals surface area contributed by atoms with Crippen LogP contribution in [0.2, 0.25) is 0 Å². The lowest BCUT2D eigenvalue weighted by Gasteiger charge is -2.14. The normalized spacial score (nSPS) is 10.4. The fourth-order valence-corrected chi connectivity index (χ4v) is 2.56. The zero-order chi connectivity index (χ0) is 11.7. The second-order valence-electron chi connectivity index (χ2n) is 3.91. The topological polar surface area (TPSA) is 55.3 Å². The highest BCUT2D eigenvalue weighted by molar-refractivity contribution is 7.08. The van der Waals surface area contributed by atoms with Crippen molar-refractivity contribution in [1.29, 1.82) is 0 Å². The van der Waals surface area contributed by atoms with Crippen LogP contribution in [0.5, 0.6) is 0 Å². The van der Waals surface area contributed by atoms with Gasteiger partial charge in [-0.1, -0.05) is 0 Å². The van der Waals surface area contributed by atoms with Gasteiger partial charge in [0.1, 0.15) is 0 Å². The van der Waals surface area contributed by atoms with Crippen molar-refractivity contribution >= 4 is 28.4 Å². The van der Waals surface area contributed by atoms with Crippen LogP contribution in [0.15, 0.2) is 29.0 Å². The summed E-state index contributed by atoms with van der Waals surface area (Å²) in [6.07, 6.45) is 0. The Kier molecular flexibility index (Phi) is 2.75. The summed E-state index contributed by atoms with van der Waals surface area (Å²) in [6, 6.07) is 5.59. The summed E-state index contributed by atoms with van der Waals surface area (Å²) < 4.78 is 0. The average Bonchev–Trinajstić information content (AvgIpc) is 2.70. The number of benzene rings is 1. The number of nitrogens with zero attached hydrogens (tertiary/aromatic N) is 1. The second kappa shape index (κ2) is 4.06. The molecule has 2 rings (SSSR count). The molecule has 1 heterocycles. The fourth-order valence-electron chi connectivity index (χ4n) is 1.65. The van der Waals surface area contributed by atoms with Crippen molar-refractivity contribution in [3.05, 3.63) is 29.0 Å². The van der Waals surface area contributed by atoms with Crippen LogP contribution in [0.1, 0.15) is 0 Å². The van der Waals surface area contributed by atoms with Gasteiger partial charge in [-0.2, -0.15) is 0 Å². The molecule has 0 amide bonds. The van der Waals surface area contributed by atoms with Crippen molar-refractivity contribution in [3.63, 3.8) is 0 Å². The van der Waals surface area contributed by atoms with Gasteiger partial charge in [-0.25, -0.2) is 0 Å². The number of nitrogens with two attached hydrogens (primary N) is 2. The molecule has 84 valence electrons. The van der Waals surface area contributed by atoms with Gasteiger partial charge < -0.3 is 16.4 Å². The fraction of sp³-hybridized carbons (Fsp3) is 0.167. The van der Waals surface area contributed by atoms with E-state index in [2.05, 4.69) is 15.7 Å². The van der Waals surface area contributed by atoms with Crippen molar-refractivity contribution in [2.24, 2.45) is 0 Å². The zero-order valence-corrected chi connectivity index (χ0v) is 10.2. The Labute approximate surface area is 99.3 Å². The van der Waals surface area contributed by atoms with E-state index in [-0.39, 0.29) is 0 Å². The maximum Gasteiger partial charge on any atom is 0.0550 e. The maximum absolute atomic E-state index is 5.98. The van der Waals surface area contributed by atoms with E-state index in [1.54, 1.807) is 11.3 Å². The average molecular weight is 233 g/mol. The molecule has 0 fully saturated rings. The lowest BCUT2D eigenvalue weighted by molar-refractivity contribution is 1.14. The van der Waals surface area contributed by atoms with Gasteiger partial charge in [-0.15, -0.1) is 11.3 Å². The molecule has 0 aliphatic rings. The molecule has 1 aromatic heterocycles. The highest BCUT2D eigenvalue weighted by Gasteiger charge is 2.11. The minimum absolute atomic E-state index is 0.736. The van der Waals surface area contributed by atoms with E-state index < -0.39 is 0 Å². The molecule has 0 saturated heterocycles. The van der Waals surface area contributed by atoms with E-state index in [0.717, 1.165) is 22.5 Å². The molecule has 0 atom stereocenters. The Bertz CT molecular complexity index is 503. The Morgan fingerprint density at radius 3 is 2.50 bits per heavy atom. The van der Waals surface area contributed by atoms with Gasteiger partial charge in [0.25, 0.3) is 0 Å². The van der Waals surface area contributed by atoms with Crippen LogP contribution in [-0.2, 0) is 0 Å². The molecular formula is C12H15N3S. The van der Waals surface area contributed by atoms with Crippen molar-refractivity contribution in [2.75, 3.05) is 30.5 Å². The third-order valence-electron chi connectivity index (χ3n) is 2.49. The molecule has 0 aliphatic heterocycles. The number of hydrogen-bond acceptors (Lipinski definition) is 4. The molecule has 4 N–H and O–H groups in total. The third kappa shape index (κ3) is 1.84. The first-order valence-electron chi connectivity index (χ1n) is 4.98. The molecule has 0 spiro atoms. The second-order valence-corrected chi connectivity index (χ2v) is 4.66. The summed E-state index contributed by atoms with van der Waals surface area (Å²) in [5, 5.41) is 4.21. The lowest BCUT2D eigenvalue weighted by Crippen LogP contribution is -2.08. The van der Waals surface area contributed by atoms with Gasteiger partial charge in [-0.05, 0) is 18.2 Å². The van der Waals surface area contributed by atoms with E-state index in [9.17, 15) is 0 Å². The van der Waals surface area contributed by atoms with E-state index in [1.807, 2.05) is 32.3 Å². The maximum atomic E-state index is 5.98. The van der Waals surface area contributed by atoms with Crippen molar-refractivity contribution in [3.8, 4) is 11.1 Å². The van der Waals surface area contributed by atoms with Crippen LogP contribution in [0.4, 0.5) is 17.1 Å². The van der Waals surface area contributed by atoms with E-state index in [4.69, 9.17) is 11.5 Å². The predicted octanol–water partition coefficient (Wildman–Crippen LogP) is 2.65. The molecule has 0 bridgehead atoms. The van der Waals surface area contributed by atoms with Gasteiger partial charge in [0.15, 0.2) is 0 Å². The Morgan fingerprint density at radius 2 is 1.81 bits per heavy atom. The van der Waals surface area contributed by atoms with E-state index >= 15 is 0 Å². The molecule has 16 heavy (non-hydrogen) atoms. The Morgan fingerprint density at radius 1 is 1.06 bits per heavy atom. The Hall–Kier alpha value is -1.68. The van der Waals surface area contributed by atoms with Crippen LogP contribution >= 0.6 is 11.3 Å². The quantitative estimate of drug-likeness (QED) is 0.784. The van der Waals surface area contributed by atoms with Gasteiger partial charge >= 0.3 is 0 Å². The smallest absolute Gasteiger partial charge is 0.0550 e. The van der Waals surface area contributed by atoms with Crippen molar-refractivity contribution in [1.82, 2.24) is 0 Å². The molecule has 0 saturated carbocycles. The molecule has 1 aromatic carbocycles. The van der Waals surface area contributed by atoms with E-state index in [0.29, 0.717) is 0 Å². The minimum atomic E-state index is 0.736. The first-order valence-corrected chi connectivity index (χ1v) is 5.92.